The van der Waals surface area contributed by atoms with Crippen LogP contribution in [0.3, 0.4) is 0 Å². The van der Waals surface area contributed by atoms with Crippen LogP contribution in [-0.4, -0.2) is 12.9 Å². The Morgan fingerprint density at radius 1 is 1.35 bits per heavy atom. The molecule has 4 heteroatoms. The van der Waals surface area contributed by atoms with Gasteiger partial charge in [0.1, 0.15) is 0 Å². The van der Waals surface area contributed by atoms with E-state index in [0.717, 1.165) is 41.9 Å². The second-order valence-electron chi connectivity index (χ2n) is 4.56. The number of benzene rings is 1. The van der Waals surface area contributed by atoms with Crippen molar-refractivity contribution < 1.29 is 14.3 Å². The van der Waals surface area contributed by atoms with E-state index >= 15 is 0 Å². The van der Waals surface area contributed by atoms with Gasteiger partial charge in [-0.25, -0.2) is 4.79 Å². The van der Waals surface area contributed by atoms with Gasteiger partial charge in [-0.1, -0.05) is 6.07 Å². The van der Waals surface area contributed by atoms with E-state index in [-0.39, 0.29) is 12.3 Å². The summed E-state index contributed by atoms with van der Waals surface area (Å²) in [6.45, 7) is 2.26. The van der Waals surface area contributed by atoms with Crippen molar-refractivity contribution in [3.63, 3.8) is 0 Å². The summed E-state index contributed by atoms with van der Waals surface area (Å²) in [5.74, 6) is 1.56. The third-order valence-corrected chi connectivity index (χ3v) is 3.73. The number of ether oxygens (including phenoxy) is 2. The molecule has 0 N–H and O–H groups in total. The van der Waals surface area contributed by atoms with Gasteiger partial charge in [-0.05, 0) is 37.8 Å². The fourth-order valence-corrected chi connectivity index (χ4v) is 2.66. The summed E-state index contributed by atoms with van der Waals surface area (Å²) >= 11 is 0. The third-order valence-electron chi connectivity index (χ3n) is 3.73. The van der Waals surface area contributed by atoms with Crippen molar-refractivity contribution >= 4 is 6.08 Å². The van der Waals surface area contributed by atoms with E-state index in [1.54, 1.807) is 6.08 Å². The molecule has 88 valence electrons. The minimum absolute atomic E-state index is 0.267. The number of isocyanates is 1. The van der Waals surface area contributed by atoms with E-state index in [4.69, 9.17) is 9.47 Å². The molecular formula is C13H13NO3. The summed E-state index contributed by atoms with van der Waals surface area (Å²) in [5, 5.41) is 0. The molecule has 1 aromatic carbocycles. The van der Waals surface area contributed by atoms with Crippen LogP contribution in [0.5, 0.6) is 11.5 Å². The van der Waals surface area contributed by atoms with Crippen molar-refractivity contribution in [3.05, 3.63) is 23.3 Å². The summed E-state index contributed by atoms with van der Waals surface area (Å²) in [6, 6.07) is 3.88. The first-order chi connectivity index (χ1) is 8.27. The van der Waals surface area contributed by atoms with Crippen molar-refractivity contribution in [1.29, 1.82) is 0 Å². The first-order valence-electron chi connectivity index (χ1n) is 5.75. The first-order valence-corrected chi connectivity index (χ1v) is 5.75. The van der Waals surface area contributed by atoms with E-state index in [2.05, 4.69) is 4.99 Å². The summed E-state index contributed by atoms with van der Waals surface area (Å²) in [7, 11) is 0. The number of aliphatic imine (C=N–C) groups is 1. The Bertz CT molecular complexity index is 514. The number of nitrogens with zero attached hydrogens (tertiary/aromatic N) is 1. The van der Waals surface area contributed by atoms with Crippen molar-refractivity contribution in [2.75, 3.05) is 6.79 Å². The van der Waals surface area contributed by atoms with Crippen LogP contribution in [0.2, 0.25) is 0 Å². The molecule has 4 nitrogen and oxygen atoms in total. The smallest absolute Gasteiger partial charge is 0.235 e. The lowest BCUT2D eigenvalue weighted by molar-refractivity contribution is 0.173. The van der Waals surface area contributed by atoms with E-state index in [0.29, 0.717) is 0 Å². The van der Waals surface area contributed by atoms with E-state index < -0.39 is 0 Å². The number of hydrogen-bond acceptors (Lipinski definition) is 4. The van der Waals surface area contributed by atoms with Gasteiger partial charge >= 0.3 is 0 Å². The zero-order valence-corrected chi connectivity index (χ0v) is 9.66. The Labute approximate surface area is 99.3 Å². The van der Waals surface area contributed by atoms with Crippen molar-refractivity contribution in [3.8, 4) is 11.5 Å². The van der Waals surface area contributed by atoms with Crippen LogP contribution in [0.15, 0.2) is 17.1 Å². The molecule has 0 atom stereocenters. The van der Waals surface area contributed by atoms with Crippen molar-refractivity contribution in [2.24, 2.45) is 4.99 Å². The second kappa shape index (κ2) is 3.60. The standard InChI is InChI=1S/C13H13NO3/c1-9-10(13(14-7-15)5-2-6-13)3-4-11-12(9)17-8-16-11/h3-4H,2,5-6,8H2,1H3. The lowest BCUT2D eigenvalue weighted by atomic mass is 9.71. The molecule has 1 heterocycles. The van der Waals surface area contributed by atoms with E-state index in [9.17, 15) is 4.79 Å². The average Bonchev–Trinajstić information content (AvgIpc) is 2.74. The molecule has 0 bridgehead atoms. The Morgan fingerprint density at radius 3 is 2.82 bits per heavy atom. The quantitative estimate of drug-likeness (QED) is 0.580. The highest BCUT2D eigenvalue weighted by atomic mass is 16.7. The number of carbonyl (C=O) groups excluding carboxylic acids is 1. The number of rotatable bonds is 2. The maximum absolute atomic E-state index is 10.6. The Balaban J connectivity index is 2.12. The maximum Gasteiger partial charge on any atom is 0.235 e. The fourth-order valence-electron chi connectivity index (χ4n) is 2.66. The van der Waals surface area contributed by atoms with Gasteiger partial charge in [-0.2, -0.15) is 4.99 Å². The van der Waals surface area contributed by atoms with Gasteiger partial charge in [0.25, 0.3) is 0 Å². The normalized spacial score (nSPS) is 19.4. The van der Waals surface area contributed by atoms with E-state index in [1.165, 1.54) is 0 Å². The summed E-state index contributed by atoms with van der Waals surface area (Å²) in [6.07, 6.45) is 4.61. The predicted octanol–water partition coefficient (Wildman–Crippen LogP) is 2.44. The van der Waals surface area contributed by atoms with Crippen LogP contribution in [-0.2, 0) is 10.3 Å². The maximum atomic E-state index is 10.6. The highest BCUT2D eigenvalue weighted by molar-refractivity contribution is 5.54. The fraction of sp³-hybridized carbons (Fsp3) is 0.462. The zero-order valence-electron chi connectivity index (χ0n) is 9.66. The molecule has 1 fully saturated rings. The lowest BCUT2D eigenvalue weighted by Gasteiger charge is -2.38. The molecule has 17 heavy (non-hydrogen) atoms. The molecule has 1 aliphatic heterocycles. The Hall–Kier alpha value is -1.80. The topological polar surface area (TPSA) is 47.9 Å². The van der Waals surface area contributed by atoms with Crippen LogP contribution < -0.4 is 9.47 Å². The predicted molar refractivity (Wildman–Crippen MR) is 61.0 cm³/mol. The molecular weight excluding hydrogens is 218 g/mol. The van der Waals surface area contributed by atoms with Crippen LogP contribution in [0.4, 0.5) is 0 Å². The van der Waals surface area contributed by atoms with Gasteiger partial charge in [0.2, 0.25) is 12.9 Å². The minimum atomic E-state index is -0.368. The van der Waals surface area contributed by atoms with Crippen molar-refractivity contribution in [1.82, 2.24) is 0 Å². The molecule has 0 spiro atoms. The minimum Gasteiger partial charge on any atom is -0.454 e. The van der Waals surface area contributed by atoms with Crippen LogP contribution in [0.25, 0.3) is 0 Å². The Morgan fingerprint density at radius 2 is 2.18 bits per heavy atom. The highest BCUT2D eigenvalue weighted by Gasteiger charge is 2.41. The van der Waals surface area contributed by atoms with Crippen LogP contribution >= 0.6 is 0 Å². The average molecular weight is 231 g/mol. The lowest BCUT2D eigenvalue weighted by Crippen LogP contribution is -2.32. The SMILES string of the molecule is Cc1c(C2(N=C=O)CCC2)ccc2c1OCO2. The molecule has 1 aliphatic carbocycles. The number of fused-ring (bicyclic) bond motifs is 1. The monoisotopic (exact) mass is 231 g/mol. The highest BCUT2D eigenvalue weighted by Crippen LogP contribution is 2.49. The summed E-state index contributed by atoms with van der Waals surface area (Å²) in [5.41, 5.74) is 1.72. The van der Waals surface area contributed by atoms with Gasteiger partial charge in [-0.3, -0.25) is 0 Å². The van der Waals surface area contributed by atoms with Gasteiger partial charge in [0.15, 0.2) is 11.5 Å². The van der Waals surface area contributed by atoms with Gasteiger partial charge < -0.3 is 9.47 Å². The first kappa shape index (κ1) is 10.4. The summed E-state index contributed by atoms with van der Waals surface area (Å²) in [4.78, 5) is 14.6. The van der Waals surface area contributed by atoms with E-state index in [1.807, 2.05) is 19.1 Å². The van der Waals surface area contributed by atoms with Gasteiger partial charge in [0, 0.05) is 5.56 Å². The largest absolute Gasteiger partial charge is 0.454 e. The third kappa shape index (κ3) is 1.38. The molecule has 0 radical (unpaired) electrons. The molecule has 0 saturated heterocycles. The molecule has 2 aliphatic rings. The molecule has 0 amide bonds. The molecule has 0 unspecified atom stereocenters. The zero-order chi connectivity index (χ0) is 11.9. The molecule has 1 saturated carbocycles. The van der Waals surface area contributed by atoms with Gasteiger partial charge in [-0.15, -0.1) is 0 Å². The molecule has 1 aromatic rings. The van der Waals surface area contributed by atoms with Gasteiger partial charge in [0.05, 0.1) is 5.54 Å². The molecule has 0 aromatic heterocycles. The second-order valence-corrected chi connectivity index (χ2v) is 4.56. The Kier molecular flexibility index (Phi) is 2.20. The van der Waals surface area contributed by atoms with Crippen LogP contribution in [0.1, 0.15) is 30.4 Å². The van der Waals surface area contributed by atoms with Crippen molar-refractivity contribution in [2.45, 2.75) is 31.7 Å². The number of hydrogen-bond donors (Lipinski definition) is 0. The summed E-state index contributed by atoms with van der Waals surface area (Å²) < 4.78 is 10.8. The molecule has 3 rings (SSSR count). The van der Waals surface area contributed by atoms with Crippen LogP contribution in [0, 0.1) is 6.92 Å².